The predicted octanol–water partition coefficient (Wildman–Crippen LogP) is 1.52. The third-order valence-electron chi connectivity index (χ3n) is 1.05. The molecular weight excluding hydrogens is 162 g/mol. The largest absolute Gasteiger partial charge is 0.447 e. The molecule has 0 aliphatic carbocycles. The van der Waals surface area contributed by atoms with E-state index in [2.05, 4.69) is 30.5 Å². The van der Waals surface area contributed by atoms with E-state index in [9.17, 15) is 4.79 Å². The minimum Gasteiger partial charge on any atom is -0.447 e. The van der Waals surface area contributed by atoms with Gasteiger partial charge < -0.3 is 4.74 Å². The number of hydrogen-bond acceptors (Lipinski definition) is 2. The smallest absolute Gasteiger partial charge is 0.432 e. The average Bonchev–Trinajstić information content (AvgIpc) is 1.85. The minimum atomic E-state index is -0.575. The van der Waals surface area contributed by atoms with Gasteiger partial charge in [0.2, 0.25) is 0 Å². The number of ether oxygens (including phenoxy) is 1. The lowest BCUT2D eigenvalue weighted by molar-refractivity contribution is 0.165. The van der Waals surface area contributed by atoms with E-state index in [1.807, 2.05) is 0 Å². The van der Waals surface area contributed by atoms with E-state index in [1.54, 1.807) is 0 Å². The van der Waals surface area contributed by atoms with Crippen molar-refractivity contribution in [2.75, 3.05) is 31.1 Å². The highest BCUT2D eigenvalue weighted by Crippen LogP contribution is 2.33. The van der Waals surface area contributed by atoms with Gasteiger partial charge in [0.1, 0.15) is 6.61 Å². The fourth-order valence-corrected chi connectivity index (χ4v) is 1.01. The van der Waals surface area contributed by atoms with Crippen molar-refractivity contribution in [3.63, 3.8) is 0 Å². The average molecular weight is 177 g/mol. The summed E-state index contributed by atoms with van der Waals surface area (Å²) in [4.78, 5) is 13.6. The number of nitrogens with zero attached hydrogens (tertiary/aromatic N) is 1. The van der Waals surface area contributed by atoms with E-state index in [0.29, 0.717) is 6.61 Å². The number of hydrogen-bond donors (Lipinski definition) is 0. The molecule has 0 aliphatic rings. The van der Waals surface area contributed by atoms with Crippen LogP contribution >= 0.6 is 10.0 Å². The van der Waals surface area contributed by atoms with E-state index in [0.717, 1.165) is 5.75 Å². The number of rotatable bonds is 3. The summed E-state index contributed by atoms with van der Waals surface area (Å²) in [7, 11) is -0.567. The van der Waals surface area contributed by atoms with Crippen LogP contribution in [0, 0.1) is 0 Å². The van der Waals surface area contributed by atoms with E-state index in [4.69, 9.17) is 4.74 Å². The molecule has 0 bridgehead atoms. The second-order valence-corrected chi connectivity index (χ2v) is 7.66. The zero-order valence-electron chi connectivity index (χ0n) is 7.29. The second kappa shape index (κ2) is 4.38. The van der Waals surface area contributed by atoms with Crippen LogP contribution in [0.3, 0.4) is 0 Å². The molecule has 0 aliphatic heterocycles. The molecule has 0 aromatic carbocycles. The molecule has 0 radical (unpaired) electrons. The Labute approximate surface area is 69.2 Å². The molecule has 1 amide bonds. The van der Waals surface area contributed by atoms with Gasteiger partial charge in [-0.25, -0.2) is 14.8 Å². The molecule has 11 heavy (non-hydrogen) atoms. The van der Waals surface area contributed by atoms with E-state index >= 15 is 0 Å². The van der Waals surface area contributed by atoms with E-state index in [1.165, 1.54) is 0 Å². The molecule has 0 heterocycles. The summed E-state index contributed by atoms with van der Waals surface area (Å²) in [6, 6.07) is 0. The molecule has 3 nitrogen and oxygen atoms in total. The second-order valence-electron chi connectivity index (χ2n) is 3.07. The van der Waals surface area contributed by atoms with Gasteiger partial charge in [-0.15, -0.1) is 0 Å². The van der Waals surface area contributed by atoms with Gasteiger partial charge >= 0.3 is 6.09 Å². The quantitative estimate of drug-likeness (QED) is 0.613. The highest BCUT2D eigenvalue weighted by molar-refractivity contribution is 8.32. The van der Waals surface area contributed by atoms with Gasteiger partial charge in [0.15, 0.2) is 0 Å². The first-order valence-electron chi connectivity index (χ1n) is 3.25. The van der Waals surface area contributed by atoms with Gasteiger partial charge in [0.25, 0.3) is 0 Å². The van der Waals surface area contributed by atoms with Crippen LogP contribution < -0.4 is 0 Å². The first kappa shape index (κ1) is 10.5. The molecule has 0 saturated heterocycles. The molecule has 66 valence electrons. The molecule has 0 saturated carbocycles. The Morgan fingerprint density at radius 1 is 1.55 bits per heavy atom. The summed E-state index contributed by atoms with van der Waals surface area (Å²) >= 11 is 0. The zero-order chi connectivity index (χ0) is 8.91. The van der Waals surface area contributed by atoms with Crippen LogP contribution in [0.15, 0.2) is 4.99 Å². The molecule has 0 atom stereocenters. The SMILES string of the molecule is C=NC(=O)OCCS(C)(C)C. The Bertz CT molecular complexity index is 151. The molecule has 0 fully saturated rings. The van der Waals surface area contributed by atoms with Gasteiger partial charge in [-0.3, -0.25) is 0 Å². The highest BCUT2D eigenvalue weighted by Gasteiger charge is 2.04. The van der Waals surface area contributed by atoms with Crippen LogP contribution in [0.5, 0.6) is 0 Å². The van der Waals surface area contributed by atoms with E-state index in [-0.39, 0.29) is 0 Å². The Kier molecular flexibility index (Phi) is 4.18. The maximum absolute atomic E-state index is 10.5. The predicted molar refractivity (Wildman–Crippen MR) is 51.1 cm³/mol. The summed E-state index contributed by atoms with van der Waals surface area (Å²) in [5.74, 6) is 0.925. The van der Waals surface area contributed by atoms with Crippen molar-refractivity contribution in [1.29, 1.82) is 0 Å². The fourth-order valence-electron chi connectivity index (χ4n) is 0.425. The summed E-state index contributed by atoms with van der Waals surface area (Å²) < 4.78 is 4.72. The number of amides is 1. The molecule has 0 spiro atoms. The van der Waals surface area contributed by atoms with Crippen molar-refractivity contribution in [1.82, 2.24) is 0 Å². The minimum absolute atomic E-state index is 0.455. The molecule has 0 unspecified atom stereocenters. The summed E-state index contributed by atoms with van der Waals surface area (Å²) in [5, 5.41) is 0. The molecule has 0 aromatic heterocycles. The van der Waals surface area contributed by atoms with Crippen molar-refractivity contribution >= 4 is 22.8 Å². The van der Waals surface area contributed by atoms with Crippen molar-refractivity contribution < 1.29 is 9.53 Å². The third-order valence-corrected chi connectivity index (χ3v) is 2.44. The van der Waals surface area contributed by atoms with Crippen molar-refractivity contribution in [3.05, 3.63) is 0 Å². The molecular formula is C7H15NO2S. The monoisotopic (exact) mass is 177 g/mol. The van der Waals surface area contributed by atoms with Gasteiger partial charge in [-0.1, -0.05) is 0 Å². The van der Waals surface area contributed by atoms with Crippen molar-refractivity contribution in [2.24, 2.45) is 4.99 Å². The van der Waals surface area contributed by atoms with Crippen molar-refractivity contribution in [2.45, 2.75) is 0 Å². The normalized spacial score (nSPS) is 12.3. The Hall–Kier alpha value is -0.510. The first-order chi connectivity index (χ1) is 4.95. The summed E-state index contributed by atoms with van der Waals surface area (Å²) in [6.07, 6.45) is 5.93. The maximum atomic E-state index is 10.5. The zero-order valence-corrected chi connectivity index (χ0v) is 8.11. The molecule has 0 aromatic rings. The van der Waals surface area contributed by atoms with Crippen LogP contribution in [-0.4, -0.2) is 43.9 Å². The van der Waals surface area contributed by atoms with E-state index < -0.39 is 16.1 Å². The van der Waals surface area contributed by atoms with Crippen molar-refractivity contribution in [3.8, 4) is 0 Å². The van der Waals surface area contributed by atoms with Gasteiger partial charge in [-0.2, -0.15) is 4.99 Å². The number of carbonyl (C=O) groups is 1. The first-order valence-corrected chi connectivity index (χ1v) is 6.28. The fraction of sp³-hybridized carbons (Fsp3) is 0.714. The Morgan fingerprint density at radius 3 is 2.45 bits per heavy atom. The van der Waals surface area contributed by atoms with Crippen LogP contribution in [0.4, 0.5) is 4.79 Å². The number of aliphatic imine (C=N–C) groups is 1. The maximum Gasteiger partial charge on any atom is 0.432 e. The van der Waals surface area contributed by atoms with Crippen LogP contribution in [0.1, 0.15) is 0 Å². The lowest BCUT2D eigenvalue weighted by Gasteiger charge is -2.23. The topological polar surface area (TPSA) is 38.7 Å². The highest BCUT2D eigenvalue weighted by atomic mass is 32.3. The number of carbonyl (C=O) groups excluding carboxylic acids is 1. The lowest BCUT2D eigenvalue weighted by Crippen LogP contribution is -2.09. The standard InChI is InChI=1S/C7H15NO2S/c1-8-7(9)10-5-6-11(2,3)4/h1,5-6H2,2-4H3. The summed E-state index contributed by atoms with van der Waals surface area (Å²) in [6.45, 7) is 3.51. The molecule has 0 rings (SSSR count). The Balaban J connectivity index is 3.42. The molecule has 4 heteroatoms. The van der Waals surface area contributed by atoms with Gasteiger partial charge in [-0.05, 0) is 25.5 Å². The van der Waals surface area contributed by atoms with Gasteiger partial charge in [0, 0.05) is 5.75 Å². The Morgan fingerprint density at radius 2 is 2.09 bits per heavy atom. The van der Waals surface area contributed by atoms with Crippen LogP contribution in [-0.2, 0) is 4.74 Å². The van der Waals surface area contributed by atoms with Crippen LogP contribution in [0.25, 0.3) is 0 Å². The summed E-state index contributed by atoms with van der Waals surface area (Å²) in [5.41, 5.74) is 0. The molecule has 0 N–H and O–H groups in total. The third kappa shape index (κ3) is 7.39. The van der Waals surface area contributed by atoms with Gasteiger partial charge in [0.05, 0.1) is 0 Å². The van der Waals surface area contributed by atoms with Crippen LogP contribution in [0.2, 0.25) is 0 Å². The lowest BCUT2D eigenvalue weighted by atomic mass is 10.8.